The maximum absolute atomic E-state index is 5.53. The molecule has 0 heterocycles. The molecule has 0 aliphatic heterocycles. The molecule has 1 aliphatic rings. The van der Waals surface area contributed by atoms with Gasteiger partial charge in [0.05, 0.1) is 6.61 Å². The second kappa shape index (κ2) is 8.08. The van der Waals surface area contributed by atoms with Crippen molar-refractivity contribution in [2.75, 3.05) is 19.8 Å². The molecule has 1 atom stereocenters. The van der Waals surface area contributed by atoms with Gasteiger partial charge in [-0.15, -0.1) is 0 Å². The molecule has 0 aromatic heterocycles. The molecule has 0 aromatic rings. The highest BCUT2D eigenvalue weighted by molar-refractivity contribution is 4.74. The van der Waals surface area contributed by atoms with Crippen LogP contribution in [0.25, 0.3) is 0 Å². The highest BCUT2D eigenvalue weighted by atomic mass is 16.5. The van der Waals surface area contributed by atoms with Gasteiger partial charge in [-0.3, -0.25) is 0 Å². The maximum atomic E-state index is 5.53. The summed E-state index contributed by atoms with van der Waals surface area (Å²) in [6.45, 7) is 9.50. The molecule has 0 bridgehead atoms. The van der Waals surface area contributed by atoms with Crippen molar-refractivity contribution >= 4 is 0 Å². The Hall–Kier alpha value is -0.0800. The SMILES string of the molecule is CCOCC(NCC1CCCCC1)C(C)C. The number of hydrogen-bond donors (Lipinski definition) is 1. The summed E-state index contributed by atoms with van der Waals surface area (Å²) in [5, 5.41) is 3.70. The Morgan fingerprint density at radius 1 is 1.19 bits per heavy atom. The average Bonchev–Trinajstić information content (AvgIpc) is 2.30. The summed E-state index contributed by atoms with van der Waals surface area (Å²) in [7, 11) is 0. The minimum Gasteiger partial charge on any atom is -0.380 e. The van der Waals surface area contributed by atoms with Crippen LogP contribution in [-0.2, 0) is 4.74 Å². The summed E-state index contributed by atoms with van der Waals surface area (Å²) in [6, 6.07) is 0.530. The van der Waals surface area contributed by atoms with Crippen molar-refractivity contribution in [1.82, 2.24) is 5.32 Å². The first kappa shape index (κ1) is 14.0. The third-order valence-corrected chi connectivity index (χ3v) is 3.70. The fourth-order valence-electron chi connectivity index (χ4n) is 2.44. The van der Waals surface area contributed by atoms with Crippen molar-refractivity contribution in [3.8, 4) is 0 Å². The molecule has 0 saturated heterocycles. The van der Waals surface area contributed by atoms with E-state index in [0.717, 1.165) is 19.1 Å². The van der Waals surface area contributed by atoms with Gasteiger partial charge in [0.25, 0.3) is 0 Å². The fraction of sp³-hybridized carbons (Fsp3) is 1.00. The molecule has 1 aliphatic carbocycles. The van der Waals surface area contributed by atoms with Crippen LogP contribution in [0.1, 0.15) is 52.9 Å². The molecule has 2 heteroatoms. The Morgan fingerprint density at radius 2 is 1.88 bits per heavy atom. The largest absolute Gasteiger partial charge is 0.380 e. The predicted molar refractivity (Wildman–Crippen MR) is 69.7 cm³/mol. The van der Waals surface area contributed by atoms with Gasteiger partial charge < -0.3 is 10.1 Å². The summed E-state index contributed by atoms with van der Waals surface area (Å²) in [5.74, 6) is 1.58. The van der Waals surface area contributed by atoms with Crippen molar-refractivity contribution in [1.29, 1.82) is 0 Å². The third-order valence-electron chi connectivity index (χ3n) is 3.70. The van der Waals surface area contributed by atoms with E-state index in [4.69, 9.17) is 4.74 Å². The third kappa shape index (κ3) is 5.31. The lowest BCUT2D eigenvalue weighted by Gasteiger charge is -2.27. The number of rotatable bonds is 7. The molecule has 2 nitrogen and oxygen atoms in total. The molecule has 0 spiro atoms. The quantitative estimate of drug-likeness (QED) is 0.721. The van der Waals surface area contributed by atoms with Gasteiger partial charge in [-0.2, -0.15) is 0 Å². The number of nitrogens with one attached hydrogen (secondary N) is 1. The lowest BCUT2D eigenvalue weighted by molar-refractivity contribution is 0.105. The van der Waals surface area contributed by atoms with Crippen LogP contribution in [-0.4, -0.2) is 25.8 Å². The Kier molecular flexibility index (Phi) is 7.06. The molecule has 0 radical (unpaired) electrons. The highest BCUT2D eigenvalue weighted by Gasteiger charge is 2.17. The van der Waals surface area contributed by atoms with Gasteiger partial charge in [0, 0.05) is 12.6 Å². The summed E-state index contributed by atoms with van der Waals surface area (Å²) in [6.07, 6.45) is 7.16. The molecule has 1 N–H and O–H groups in total. The molecule has 0 aromatic carbocycles. The lowest BCUT2D eigenvalue weighted by Crippen LogP contribution is -2.41. The van der Waals surface area contributed by atoms with Crippen LogP contribution in [0, 0.1) is 11.8 Å². The standard InChI is InChI=1S/C14H29NO/c1-4-16-11-14(12(2)3)15-10-13-8-6-5-7-9-13/h12-15H,4-11H2,1-3H3. The van der Waals surface area contributed by atoms with E-state index in [0.29, 0.717) is 12.0 Å². The van der Waals surface area contributed by atoms with Crippen molar-refractivity contribution in [3.63, 3.8) is 0 Å². The lowest BCUT2D eigenvalue weighted by atomic mass is 9.89. The van der Waals surface area contributed by atoms with Gasteiger partial charge in [0.15, 0.2) is 0 Å². The summed E-state index contributed by atoms with van der Waals surface area (Å²) < 4.78 is 5.53. The zero-order valence-electron chi connectivity index (χ0n) is 11.3. The van der Waals surface area contributed by atoms with Crippen LogP contribution >= 0.6 is 0 Å². The van der Waals surface area contributed by atoms with E-state index >= 15 is 0 Å². The predicted octanol–water partition coefficient (Wildman–Crippen LogP) is 3.22. The maximum Gasteiger partial charge on any atom is 0.0621 e. The van der Waals surface area contributed by atoms with Gasteiger partial charge in [-0.05, 0) is 38.1 Å². The molecule has 1 rings (SSSR count). The molecular weight excluding hydrogens is 198 g/mol. The average molecular weight is 227 g/mol. The van der Waals surface area contributed by atoms with Gasteiger partial charge in [0.2, 0.25) is 0 Å². The van der Waals surface area contributed by atoms with Crippen molar-refractivity contribution in [3.05, 3.63) is 0 Å². The second-order valence-corrected chi connectivity index (χ2v) is 5.42. The van der Waals surface area contributed by atoms with E-state index in [1.165, 1.54) is 38.6 Å². The molecule has 1 saturated carbocycles. The van der Waals surface area contributed by atoms with E-state index in [1.54, 1.807) is 0 Å². The van der Waals surface area contributed by atoms with Crippen molar-refractivity contribution in [2.45, 2.75) is 58.9 Å². The van der Waals surface area contributed by atoms with E-state index in [2.05, 4.69) is 26.1 Å². The Bertz CT molecular complexity index is 164. The van der Waals surface area contributed by atoms with E-state index in [1.807, 2.05) is 0 Å². The van der Waals surface area contributed by atoms with Gasteiger partial charge in [-0.25, -0.2) is 0 Å². The fourth-order valence-corrected chi connectivity index (χ4v) is 2.44. The molecule has 96 valence electrons. The van der Waals surface area contributed by atoms with Gasteiger partial charge in [-0.1, -0.05) is 33.1 Å². The van der Waals surface area contributed by atoms with Crippen LogP contribution in [0.4, 0.5) is 0 Å². The van der Waals surface area contributed by atoms with Crippen LogP contribution in [0.5, 0.6) is 0 Å². The number of hydrogen-bond acceptors (Lipinski definition) is 2. The van der Waals surface area contributed by atoms with Crippen LogP contribution < -0.4 is 5.32 Å². The molecule has 1 fully saturated rings. The molecule has 1 unspecified atom stereocenters. The summed E-state index contributed by atoms with van der Waals surface area (Å²) in [5.41, 5.74) is 0. The molecule has 16 heavy (non-hydrogen) atoms. The Labute approximate surface area is 101 Å². The second-order valence-electron chi connectivity index (χ2n) is 5.42. The van der Waals surface area contributed by atoms with Crippen molar-refractivity contribution < 1.29 is 4.74 Å². The van der Waals surface area contributed by atoms with E-state index in [9.17, 15) is 0 Å². The minimum absolute atomic E-state index is 0.530. The van der Waals surface area contributed by atoms with Gasteiger partial charge >= 0.3 is 0 Å². The first-order chi connectivity index (χ1) is 7.74. The zero-order valence-corrected chi connectivity index (χ0v) is 11.3. The monoisotopic (exact) mass is 227 g/mol. The smallest absolute Gasteiger partial charge is 0.0621 e. The first-order valence-corrected chi connectivity index (χ1v) is 7.05. The summed E-state index contributed by atoms with van der Waals surface area (Å²) >= 11 is 0. The molecule has 0 amide bonds. The topological polar surface area (TPSA) is 21.3 Å². The van der Waals surface area contributed by atoms with Crippen molar-refractivity contribution in [2.24, 2.45) is 11.8 Å². The van der Waals surface area contributed by atoms with Crippen LogP contribution in [0.15, 0.2) is 0 Å². The number of ether oxygens (including phenoxy) is 1. The van der Waals surface area contributed by atoms with Crippen LogP contribution in [0.2, 0.25) is 0 Å². The Balaban J connectivity index is 2.19. The van der Waals surface area contributed by atoms with E-state index in [-0.39, 0.29) is 0 Å². The molecular formula is C14H29NO. The highest BCUT2D eigenvalue weighted by Crippen LogP contribution is 2.23. The minimum atomic E-state index is 0.530. The van der Waals surface area contributed by atoms with E-state index < -0.39 is 0 Å². The van der Waals surface area contributed by atoms with Crippen LogP contribution in [0.3, 0.4) is 0 Å². The normalized spacial score (nSPS) is 20.2. The summed E-state index contributed by atoms with van der Waals surface area (Å²) in [4.78, 5) is 0. The first-order valence-electron chi connectivity index (χ1n) is 7.05. The zero-order chi connectivity index (χ0) is 11.8. The van der Waals surface area contributed by atoms with Gasteiger partial charge in [0.1, 0.15) is 0 Å². The Morgan fingerprint density at radius 3 is 2.44 bits per heavy atom.